The highest BCUT2D eigenvalue weighted by Gasteiger charge is 2.35. The molecule has 0 aliphatic heterocycles. The highest BCUT2D eigenvalue weighted by Crippen LogP contribution is 2.40. The molecule has 3 rings (SSSR count). The van der Waals surface area contributed by atoms with Crippen LogP contribution in [0.5, 0.6) is 0 Å². The zero-order valence-electron chi connectivity index (χ0n) is 10.5. The van der Waals surface area contributed by atoms with E-state index in [4.69, 9.17) is 10.7 Å². The van der Waals surface area contributed by atoms with Crippen LogP contribution < -0.4 is 5.73 Å². The monoisotopic (exact) mass is 250 g/mol. The minimum Gasteiger partial charge on any atom is -0.319 e. The molecule has 0 saturated heterocycles. The van der Waals surface area contributed by atoms with E-state index in [-0.39, 0.29) is 5.54 Å². The Morgan fingerprint density at radius 2 is 1.65 bits per heavy atom. The van der Waals surface area contributed by atoms with Gasteiger partial charge < -0.3 is 5.73 Å². The highest BCUT2D eigenvalue weighted by atomic mass is 32.1. The molecule has 0 amide bonds. The number of fused-ring (bicyclic) bond motifs is 1. The van der Waals surface area contributed by atoms with Gasteiger partial charge in [0.15, 0.2) is 0 Å². The molecule has 2 N–H and O–H groups in total. The van der Waals surface area contributed by atoms with Crippen LogP contribution in [-0.2, 0) is 18.4 Å². The fourth-order valence-electron chi connectivity index (χ4n) is 3.14. The van der Waals surface area contributed by atoms with Crippen LogP contribution in [0.4, 0.5) is 0 Å². The van der Waals surface area contributed by atoms with Crippen molar-refractivity contribution in [2.24, 2.45) is 5.73 Å². The van der Waals surface area contributed by atoms with Gasteiger partial charge in [-0.15, -0.1) is 11.3 Å². The molecule has 0 atom stereocenters. The summed E-state index contributed by atoms with van der Waals surface area (Å²) in [7, 11) is 0. The lowest BCUT2D eigenvalue weighted by atomic mass is 10.00. The first-order valence-electron chi connectivity index (χ1n) is 7.06. The molecule has 17 heavy (non-hydrogen) atoms. The number of aryl methyl sites for hydroxylation is 2. The quantitative estimate of drug-likeness (QED) is 0.828. The number of thiazole rings is 1. The molecule has 2 nitrogen and oxygen atoms in total. The molecular formula is C14H22N2S. The molecule has 0 bridgehead atoms. The standard InChI is InChI=1S/C14H22N2S/c15-14(9-5-6-10-14)13-16-11-7-3-1-2-4-8-12(11)17-13/h1-10,15H2. The molecule has 0 unspecified atom stereocenters. The Morgan fingerprint density at radius 3 is 2.41 bits per heavy atom. The van der Waals surface area contributed by atoms with Crippen molar-refractivity contribution in [1.29, 1.82) is 0 Å². The van der Waals surface area contributed by atoms with Crippen molar-refractivity contribution in [2.75, 3.05) is 0 Å². The molecule has 1 aromatic heterocycles. The topological polar surface area (TPSA) is 38.9 Å². The molecule has 2 aliphatic rings. The summed E-state index contributed by atoms with van der Waals surface area (Å²) in [6, 6.07) is 0. The summed E-state index contributed by atoms with van der Waals surface area (Å²) in [5.74, 6) is 0. The van der Waals surface area contributed by atoms with Crippen LogP contribution in [0, 0.1) is 0 Å². The van der Waals surface area contributed by atoms with Gasteiger partial charge in [0.25, 0.3) is 0 Å². The largest absolute Gasteiger partial charge is 0.319 e. The van der Waals surface area contributed by atoms with E-state index >= 15 is 0 Å². The second-order valence-electron chi connectivity index (χ2n) is 5.67. The van der Waals surface area contributed by atoms with E-state index in [1.807, 2.05) is 11.3 Å². The molecule has 0 radical (unpaired) electrons. The molecule has 1 fully saturated rings. The van der Waals surface area contributed by atoms with E-state index < -0.39 is 0 Å². The van der Waals surface area contributed by atoms with Gasteiger partial charge in [0.05, 0.1) is 11.2 Å². The van der Waals surface area contributed by atoms with Crippen molar-refractivity contribution >= 4 is 11.3 Å². The molecule has 1 heterocycles. The molecule has 94 valence electrons. The van der Waals surface area contributed by atoms with Gasteiger partial charge in [-0.05, 0) is 38.5 Å². The molecule has 0 spiro atoms. The number of aromatic nitrogens is 1. The molecule has 3 heteroatoms. The van der Waals surface area contributed by atoms with Crippen LogP contribution in [-0.4, -0.2) is 4.98 Å². The Kier molecular flexibility index (Phi) is 3.22. The average Bonchev–Trinajstić information content (AvgIpc) is 2.87. The van der Waals surface area contributed by atoms with Crippen LogP contribution >= 0.6 is 11.3 Å². The highest BCUT2D eigenvalue weighted by molar-refractivity contribution is 7.11. The van der Waals surface area contributed by atoms with Crippen molar-refractivity contribution in [1.82, 2.24) is 4.98 Å². The van der Waals surface area contributed by atoms with Crippen molar-refractivity contribution in [2.45, 2.75) is 69.7 Å². The summed E-state index contributed by atoms with van der Waals surface area (Å²) >= 11 is 1.92. The Labute approximate surface area is 108 Å². The lowest BCUT2D eigenvalue weighted by Crippen LogP contribution is -2.32. The predicted molar refractivity (Wildman–Crippen MR) is 72.3 cm³/mol. The zero-order chi connectivity index (χ0) is 11.7. The molecule has 2 aliphatic carbocycles. The van der Waals surface area contributed by atoms with E-state index in [2.05, 4.69) is 0 Å². The SMILES string of the molecule is NC1(c2nc3c(s2)CCCCCC3)CCCC1. The fraction of sp³-hybridized carbons (Fsp3) is 0.786. The third-order valence-corrected chi connectivity index (χ3v) is 5.64. The lowest BCUT2D eigenvalue weighted by molar-refractivity contribution is 0.457. The summed E-state index contributed by atoms with van der Waals surface area (Å²) in [4.78, 5) is 6.44. The minimum absolute atomic E-state index is 0.0777. The second-order valence-corrected chi connectivity index (χ2v) is 6.75. The number of hydrogen-bond acceptors (Lipinski definition) is 3. The summed E-state index contributed by atoms with van der Waals surface area (Å²) in [6.07, 6.45) is 12.7. The maximum atomic E-state index is 6.52. The van der Waals surface area contributed by atoms with Crippen molar-refractivity contribution < 1.29 is 0 Å². The van der Waals surface area contributed by atoms with Gasteiger partial charge in [0, 0.05) is 4.88 Å². The van der Waals surface area contributed by atoms with Crippen LogP contribution in [0.2, 0.25) is 0 Å². The van der Waals surface area contributed by atoms with E-state index in [1.54, 1.807) is 0 Å². The molecular weight excluding hydrogens is 228 g/mol. The summed E-state index contributed by atoms with van der Waals surface area (Å²) in [5, 5.41) is 1.24. The Hall–Kier alpha value is -0.410. The predicted octanol–water partition coefficient (Wildman–Crippen LogP) is 3.53. The van der Waals surface area contributed by atoms with Gasteiger partial charge in [0.2, 0.25) is 0 Å². The van der Waals surface area contributed by atoms with Crippen molar-refractivity contribution in [3.8, 4) is 0 Å². The van der Waals surface area contributed by atoms with Gasteiger partial charge >= 0.3 is 0 Å². The smallest absolute Gasteiger partial charge is 0.113 e. The van der Waals surface area contributed by atoms with Crippen LogP contribution in [0.25, 0.3) is 0 Å². The summed E-state index contributed by atoms with van der Waals surface area (Å²) in [6.45, 7) is 0. The third kappa shape index (κ3) is 2.27. The third-order valence-electron chi connectivity index (χ3n) is 4.27. The maximum Gasteiger partial charge on any atom is 0.113 e. The number of nitrogens with two attached hydrogens (primary N) is 1. The fourth-order valence-corrected chi connectivity index (χ4v) is 4.45. The van der Waals surface area contributed by atoms with E-state index in [1.165, 1.54) is 66.9 Å². The number of rotatable bonds is 1. The van der Waals surface area contributed by atoms with Crippen LogP contribution in [0.3, 0.4) is 0 Å². The first-order valence-corrected chi connectivity index (χ1v) is 7.87. The van der Waals surface area contributed by atoms with Gasteiger partial charge in [-0.3, -0.25) is 0 Å². The van der Waals surface area contributed by atoms with Crippen molar-refractivity contribution in [3.05, 3.63) is 15.6 Å². The summed E-state index contributed by atoms with van der Waals surface area (Å²) < 4.78 is 0. The number of nitrogens with zero attached hydrogens (tertiary/aromatic N) is 1. The van der Waals surface area contributed by atoms with Gasteiger partial charge in [-0.25, -0.2) is 4.98 Å². The van der Waals surface area contributed by atoms with Gasteiger partial charge in [-0.2, -0.15) is 0 Å². The van der Waals surface area contributed by atoms with Crippen molar-refractivity contribution in [3.63, 3.8) is 0 Å². The second kappa shape index (κ2) is 4.69. The first kappa shape index (κ1) is 11.7. The van der Waals surface area contributed by atoms with Gasteiger partial charge in [-0.1, -0.05) is 25.7 Å². The Bertz CT molecular complexity index is 365. The van der Waals surface area contributed by atoms with E-state index in [0.29, 0.717) is 0 Å². The van der Waals surface area contributed by atoms with Crippen LogP contribution in [0.1, 0.15) is 66.9 Å². The summed E-state index contributed by atoms with van der Waals surface area (Å²) in [5.41, 5.74) is 7.82. The van der Waals surface area contributed by atoms with Crippen LogP contribution in [0.15, 0.2) is 0 Å². The lowest BCUT2D eigenvalue weighted by Gasteiger charge is -2.19. The molecule has 1 saturated carbocycles. The molecule has 0 aromatic carbocycles. The average molecular weight is 250 g/mol. The Morgan fingerprint density at radius 1 is 0.941 bits per heavy atom. The molecule has 1 aromatic rings. The maximum absolute atomic E-state index is 6.52. The van der Waals surface area contributed by atoms with Gasteiger partial charge in [0.1, 0.15) is 5.01 Å². The Balaban J connectivity index is 1.89. The normalized spacial score (nSPS) is 24.1. The zero-order valence-corrected chi connectivity index (χ0v) is 11.3. The minimum atomic E-state index is -0.0777. The number of hydrogen-bond donors (Lipinski definition) is 1. The van der Waals surface area contributed by atoms with E-state index in [0.717, 1.165) is 12.8 Å². The first-order chi connectivity index (χ1) is 8.28. The van der Waals surface area contributed by atoms with E-state index in [9.17, 15) is 0 Å².